The molecule has 0 amide bonds. The van der Waals surface area contributed by atoms with E-state index in [0.29, 0.717) is 0 Å². The van der Waals surface area contributed by atoms with Gasteiger partial charge in [0.1, 0.15) is 5.75 Å². The van der Waals surface area contributed by atoms with Gasteiger partial charge in [-0.25, -0.2) is 0 Å². The molecule has 27 heavy (non-hydrogen) atoms. The lowest BCUT2D eigenvalue weighted by Gasteiger charge is -2.35. The molecule has 2 atom stereocenters. The molecule has 3 aromatic carbocycles. The van der Waals surface area contributed by atoms with Crippen molar-refractivity contribution < 1.29 is 5.11 Å². The molecule has 136 valence electrons. The summed E-state index contributed by atoms with van der Waals surface area (Å²) < 4.78 is 0.252. The molecule has 2 aliphatic rings. The topological polar surface area (TPSA) is 46.2 Å². The lowest BCUT2D eigenvalue weighted by molar-refractivity contribution is 0.475. The highest BCUT2D eigenvalue weighted by atomic mass is 32.3. The summed E-state index contributed by atoms with van der Waals surface area (Å²) in [7, 11) is -1.12. The van der Waals surface area contributed by atoms with Gasteiger partial charge in [-0.2, -0.15) is 21.8 Å². The van der Waals surface area contributed by atoms with Gasteiger partial charge in [-0.1, -0.05) is 36.4 Å². The van der Waals surface area contributed by atoms with Crippen molar-refractivity contribution in [3.05, 3.63) is 94.2 Å². The number of phenols is 1. The minimum atomic E-state index is -0.559. The first-order valence-electron chi connectivity index (χ1n) is 8.92. The van der Waals surface area contributed by atoms with Gasteiger partial charge >= 0.3 is 0 Å². The maximum atomic E-state index is 10.2. The quantitative estimate of drug-likeness (QED) is 0.249. The van der Waals surface area contributed by atoms with E-state index < -0.39 is 21.8 Å². The number of rotatable bonds is 3. The Hall–Kier alpha value is -2.56. The highest BCUT2D eigenvalue weighted by molar-refractivity contribution is 8.35. The number of fused-ring (bicyclic) bond motifs is 2. The Morgan fingerprint density at radius 2 is 1.30 bits per heavy atom. The normalized spacial score (nSPS) is 23.1. The third-order valence-electron chi connectivity index (χ3n) is 5.13. The van der Waals surface area contributed by atoms with E-state index in [1.165, 1.54) is 20.9 Å². The highest BCUT2D eigenvalue weighted by Crippen LogP contribution is 2.70. The van der Waals surface area contributed by atoms with Crippen molar-refractivity contribution in [1.29, 1.82) is 0 Å². The van der Waals surface area contributed by atoms with Gasteiger partial charge in [-0.15, -0.1) is 0 Å². The smallest absolute Gasteiger partial charge is 0.116 e. The van der Waals surface area contributed by atoms with Crippen molar-refractivity contribution in [2.75, 3.05) is 5.73 Å². The van der Waals surface area contributed by atoms with E-state index in [0.717, 1.165) is 11.3 Å². The molecule has 5 rings (SSSR count). The van der Waals surface area contributed by atoms with Gasteiger partial charge < -0.3 is 10.8 Å². The third-order valence-corrected chi connectivity index (χ3v) is 11.1. The standard InChI is InChI=1S/C23H21NOS2/c24-20-10-9-18(25)15-19(20)23(26-13-11-16-5-1-3-7-21(16)26)27-14-12-17-6-2-4-8-22(17)27/h1-15,23,25-27H,24H2. The number of hydrogen-bond donors (Lipinski definition) is 4. The molecular formula is C23H21NOS2. The minimum Gasteiger partial charge on any atom is -0.508 e. The number of phenolic OH excluding ortho intramolecular Hbond substituents is 1. The summed E-state index contributed by atoms with van der Waals surface area (Å²) in [6, 6.07) is 22.7. The van der Waals surface area contributed by atoms with Crippen molar-refractivity contribution in [1.82, 2.24) is 0 Å². The maximum absolute atomic E-state index is 10.2. The average Bonchev–Trinajstić information content (AvgIpc) is 3.30. The lowest BCUT2D eigenvalue weighted by atomic mass is 10.2. The van der Waals surface area contributed by atoms with Crippen LogP contribution in [-0.4, -0.2) is 5.11 Å². The number of nitrogens with two attached hydrogens (primary N) is 1. The monoisotopic (exact) mass is 391 g/mol. The van der Waals surface area contributed by atoms with Crippen LogP contribution in [0.1, 0.15) is 21.3 Å². The van der Waals surface area contributed by atoms with Crippen molar-refractivity contribution in [3.8, 4) is 5.75 Å². The summed E-state index contributed by atoms with van der Waals surface area (Å²) in [5.41, 5.74) is 10.9. The van der Waals surface area contributed by atoms with Gasteiger partial charge in [-0.3, -0.25) is 0 Å². The summed E-state index contributed by atoms with van der Waals surface area (Å²) in [5.74, 6) is 0.280. The number of benzene rings is 3. The van der Waals surface area contributed by atoms with Crippen molar-refractivity contribution in [2.24, 2.45) is 0 Å². The molecule has 3 aromatic rings. The number of thiol groups is 2. The molecule has 0 bridgehead atoms. The lowest BCUT2D eigenvalue weighted by Crippen LogP contribution is -2.03. The van der Waals surface area contributed by atoms with Gasteiger partial charge in [0.15, 0.2) is 0 Å². The molecule has 0 saturated heterocycles. The number of aromatic hydroxyl groups is 1. The zero-order chi connectivity index (χ0) is 18.4. The Morgan fingerprint density at radius 3 is 1.89 bits per heavy atom. The van der Waals surface area contributed by atoms with Crippen LogP contribution in [-0.2, 0) is 0 Å². The van der Waals surface area contributed by atoms with E-state index >= 15 is 0 Å². The summed E-state index contributed by atoms with van der Waals surface area (Å²) in [5, 5.41) is 14.9. The Labute approximate surface area is 164 Å². The van der Waals surface area contributed by atoms with E-state index in [-0.39, 0.29) is 10.3 Å². The molecule has 2 aliphatic heterocycles. The van der Waals surface area contributed by atoms with E-state index in [2.05, 4.69) is 71.5 Å². The molecule has 0 radical (unpaired) electrons. The van der Waals surface area contributed by atoms with Crippen molar-refractivity contribution >= 4 is 39.6 Å². The Bertz CT molecular complexity index is 1030. The Kier molecular flexibility index (Phi) is 4.03. The van der Waals surface area contributed by atoms with E-state index in [1.54, 1.807) is 6.07 Å². The van der Waals surface area contributed by atoms with Crippen LogP contribution in [0.3, 0.4) is 0 Å². The maximum Gasteiger partial charge on any atom is 0.116 e. The van der Waals surface area contributed by atoms with Crippen LogP contribution in [0.2, 0.25) is 0 Å². The van der Waals surface area contributed by atoms with Crippen LogP contribution < -0.4 is 5.73 Å². The molecule has 2 heterocycles. The predicted octanol–water partition coefficient (Wildman–Crippen LogP) is 6.06. The summed E-state index contributed by atoms with van der Waals surface area (Å²) in [6.45, 7) is 0. The fraction of sp³-hybridized carbons (Fsp3) is 0.0435. The van der Waals surface area contributed by atoms with E-state index in [9.17, 15) is 5.11 Å². The fourth-order valence-electron chi connectivity index (χ4n) is 3.86. The Balaban J connectivity index is 1.69. The average molecular weight is 392 g/mol. The van der Waals surface area contributed by atoms with Gasteiger partial charge in [-0.05, 0) is 79.8 Å². The van der Waals surface area contributed by atoms with E-state index in [4.69, 9.17) is 5.73 Å². The SMILES string of the molecule is Nc1ccc(O)cc1C([SH]1C=Cc2ccccc21)[SH]1C=Cc2ccccc21. The zero-order valence-corrected chi connectivity index (χ0v) is 16.4. The number of nitrogen functional groups attached to an aromatic ring is 1. The second-order valence-electron chi connectivity index (χ2n) is 6.75. The highest BCUT2D eigenvalue weighted by Gasteiger charge is 2.32. The summed E-state index contributed by atoms with van der Waals surface area (Å²) in [6.07, 6.45) is 4.49. The number of hydrogen-bond acceptors (Lipinski definition) is 2. The first-order chi connectivity index (χ1) is 13.2. The van der Waals surface area contributed by atoms with Crippen LogP contribution in [0.5, 0.6) is 5.75 Å². The van der Waals surface area contributed by atoms with Crippen LogP contribution in [0.15, 0.2) is 87.3 Å². The first-order valence-corrected chi connectivity index (χ1v) is 11.9. The van der Waals surface area contributed by atoms with Crippen molar-refractivity contribution in [2.45, 2.75) is 14.4 Å². The molecule has 2 nitrogen and oxygen atoms in total. The molecule has 0 aromatic heterocycles. The molecule has 4 heteroatoms. The van der Waals surface area contributed by atoms with Crippen LogP contribution in [0, 0.1) is 0 Å². The van der Waals surface area contributed by atoms with Crippen LogP contribution in [0.25, 0.3) is 12.2 Å². The number of anilines is 1. The van der Waals surface area contributed by atoms with Crippen molar-refractivity contribution in [3.63, 3.8) is 0 Å². The van der Waals surface area contributed by atoms with E-state index in [1.807, 2.05) is 12.1 Å². The van der Waals surface area contributed by atoms with Crippen LogP contribution in [0.4, 0.5) is 5.69 Å². The van der Waals surface area contributed by atoms with Gasteiger partial charge in [0.05, 0.1) is 4.58 Å². The first kappa shape index (κ1) is 16.6. The molecule has 0 spiro atoms. The molecule has 2 unspecified atom stereocenters. The minimum absolute atomic E-state index is 0.252. The molecule has 0 fully saturated rings. The van der Waals surface area contributed by atoms with Gasteiger partial charge in [0, 0.05) is 5.69 Å². The summed E-state index contributed by atoms with van der Waals surface area (Å²) in [4.78, 5) is 2.81. The van der Waals surface area contributed by atoms with Gasteiger partial charge in [0.2, 0.25) is 0 Å². The molecule has 0 aliphatic carbocycles. The largest absolute Gasteiger partial charge is 0.508 e. The molecular weight excluding hydrogens is 370 g/mol. The predicted molar refractivity (Wildman–Crippen MR) is 121 cm³/mol. The summed E-state index contributed by atoms with van der Waals surface area (Å²) >= 11 is 0. The Morgan fingerprint density at radius 1 is 0.741 bits per heavy atom. The third kappa shape index (κ3) is 2.76. The van der Waals surface area contributed by atoms with Gasteiger partial charge in [0.25, 0.3) is 0 Å². The zero-order valence-electron chi connectivity index (χ0n) is 14.7. The molecule has 3 N–H and O–H groups in total. The van der Waals surface area contributed by atoms with Crippen LogP contribution >= 0.6 is 21.8 Å². The fourth-order valence-corrected chi connectivity index (χ4v) is 10.4. The molecule has 0 saturated carbocycles. The second-order valence-corrected chi connectivity index (χ2v) is 11.4. The second kappa shape index (κ2) is 6.55.